The molecule has 5 nitrogen and oxygen atoms in total. The number of ether oxygens (including phenoxy) is 1. The third-order valence-corrected chi connectivity index (χ3v) is 5.14. The van der Waals surface area contributed by atoms with Crippen molar-refractivity contribution in [2.24, 2.45) is 13.0 Å². The van der Waals surface area contributed by atoms with Gasteiger partial charge in [0.2, 0.25) is 0 Å². The molecule has 2 heterocycles. The van der Waals surface area contributed by atoms with Gasteiger partial charge in [0.1, 0.15) is 5.69 Å². The van der Waals surface area contributed by atoms with Gasteiger partial charge in [-0.2, -0.15) is 5.10 Å². The quantitative estimate of drug-likeness (QED) is 0.840. The predicted molar refractivity (Wildman–Crippen MR) is 97.5 cm³/mol. The van der Waals surface area contributed by atoms with E-state index in [2.05, 4.69) is 29.4 Å². The highest BCUT2D eigenvalue weighted by atomic mass is 16.5. The molecule has 1 amide bonds. The molecule has 2 atom stereocenters. The van der Waals surface area contributed by atoms with Gasteiger partial charge < -0.3 is 9.64 Å². The van der Waals surface area contributed by atoms with Gasteiger partial charge in [0.05, 0.1) is 11.8 Å². The highest BCUT2D eigenvalue weighted by Crippen LogP contribution is 2.25. The summed E-state index contributed by atoms with van der Waals surface area (Å²) in [6.07, 6.45) is 2.85. The Kier molecular flexibility index (Phi) is 5.53. The van der Waals surface area contributed by atoms with Gasteiger partial charge in [0, 0.05) is 27.2 Å². The Morgan fingerprint density at radius 1 is 1.32 bits per heavy atom. The standard InChI is InChI=1S/C20H27N3O2/c1-4-17-13-18(22(2)21-17)20(24)23-11-10-16(19(14-23)25-3)12-15-8-6-5-7-9-15/h5-9,13,16,19H,4,10-12,14H2,1-3H3/t16-,19-/m1/s1. The van der Waals surface area contributed by atoms with Gasteiger partial charge >= 0.3 is 0 Å². The summed E-state index contributed by atoms with van der Waals surface area (Å²) in [5.41, 5.74) is 2.94. The fraction of sp³-hybridized carbons (Fsp3) is 0.500. The van der Waals surface area contributed by atoms with Crippen LogP contribution >= 0.6 is 0 Å². The molecule has 0 saturated carbocycles. The van der Waals surface area contributed by atoms with E-state index in [1.807, 2.05) is 31.0 Å². The van der Waals surface area contributed by atoms with E-state index in [-0.39, 0.29) is 12.0 Å². The second-order valence-corrected chi connectivity index (χ2v) is 6.76. The van der Waals surface area contributed by atoms with Crippen molar-refractivity contribution in [1.82, 2.24) is 14.7 Å². The van der Waals surface area contributed by atoms with Crippen LogP contribution < -0.4 is 0 Å². The first kappa shape index (κ1) is 17.7. The van der Waals surface area contributed by atoms with E-state index in [9.17, 15) is 4.79 Å². The van der Waals surface area contributed by atoms with E-state index < -0.39 is 0 Å². The van der Waals surface area contributed by atoms with Crippen LogP contribution in [-0.2, 0) is 24.6 Å². The van der Waals surface area contributed by atoms with Gasteiger partial charge in [-0.25, -0.2) is 0 Å². The molecule has 0 spiro atoms. The van der Waals surface area contributed by atoms with Crippen molar-refractivity contribution in [3.05, 3.63) is 53.3 Å². The van der Waals surface area contributed by atoms with E-state index in [4.69, 9.17) is 4.74 Å². The predicted octanol–water partition coefficient (Wildman–Crippen LogP) is 2.70. The van der Waals surface area contributed by atoms with Crippen molar-refractivity contribution < 1.29 is 9.53 Å². The molecule has 1 aliphatic heterocycles. The average Bonchev–Trinajstić information content (AvgIpc) is 3.03. The van der Waals surface area contributed by atoms with E-state index >= 15 is 0 Å². The second kappa shape index (κ2) is 7.83. The summed E-state index contributed by atoms with van der Waals surface area (Å²) >= 11 is 0. The number of nitrogens with zero attached hydrogens (tertiary/aromatic N) is 3. The average molecular weight is 341 g/mol. The number of aromatic nitrogens is 2. The van der Waals surface area contributed by atoms with Crippen molar-refractivity contribution >= 4 is 5.91 Å². The normalized spacial score (nSPS) is 20.7. The lowest BCUT2D eigenvalue weighted by atomic mass is 9.87. The van der Waals surface area contributed by atoms with Crippen molar-refractivity contribution in [2.75, 3.05) is 20.2 Å². The number of likely N-dealkylation sites (tertiary alicyclic amines) is 1. The molecule has 25 heavy (non-hydrogen) atoms. The number of amides is 1. The Labute approximate surface area is 149 Å². The summed E-state index contributed by atoms with van der Waals surface area (Å²) in [6.45, 7) is 3.45. The number of benzene rings is 1. The number of carbonyl (C=O) groups excluding carboxylic acids is 1. The number of piperidine rings is 1. The Hall–Kier alpha value is -2.14. The van der Waals surface area contributed by atoms with Crippen molar-refractivity contribution in [3.8, 4) is 0 Å². The van der Waals surface area contributed by atoms with Gasteiger partial charge in [-0.05, 0) is 36.8 Å². The molecule has 1 aromatic heterocycles. The van der Waals surface area contributed by atoms with Crippen LogP contribution in [0.25, 0.3) is 0 Å². The summed E-state index contributed by atoms with van der Waals surface area (Å²) in [7, 11) is 3.58. The Morgan fingerprint density at radius 2 is 2.08 bits per heavy atom. The third-order valence-electron chi connectivity index (χ3n) is 5.14. The molecule has 0 aliphatic carbocycles. The van der Waals surface area contributed by atoms with Gasteiger partial charge in [-0.3, -0.25) is 9.48 Å². The molecule has 134 valence electrons. The first-order valence-electron chi connectivity index (χ1n) is 9.01. The number of rotatable bonds is 5. The monoisotopic (exact) mass is 341 g/mol. The van der Waals surface area contributed by atoms with Crippen LogP contribution in [0.4, 0.5) is 0 Å². The highest BCUT2D eigenvalue weighted by molar-refractivity contribution is 5.92. The minimum Gasteiger partial charge on any atom is -0.379 e. The topological polar surface area (TPSA) is 47.4 Å². The molecular formula is C20H27N3O2. The molecule has 0 unspecified atom stereocenters. The zero-order valence-electron chi connectivity index (χ0n) is 15.3. The molecule has 1 aromatic carbocycles. The van der Waals surface area contributed by atoms with Crippen LogP contribution in [0.5, 0.6) is 0 Å². The van der Waals surface area contributed by atoms with Crippen LogP contribution in [0, 0.1) is 5.92 Å². The van der Waals surface area contributed by atoms with E-state index in [0.29, 0.717) is 18.2 Å². The molecule has 0 N–H and O–H groups in total. The summed E-state index contributed by atoms with van der Waals surface area (Å²) in [5, 5.41) is 4.39. The van der Waals surface area contributed by atoms with Gasteiger partial charge in [0.25, 0.3) is 5.91 Å². The summed E-state index contributed by atoms with van der Waals surface area (Å²) in [4.78, 5) is 14.8. The minimum atomic E-state index is 0.0508. The Bertz CT molecular complexity index is 711. The number of carbonyl (C=O) groups is 1. The van der Waals surface area contributed by atoms with Crippen LogP contribution in [-0.4, -0.2) is 46.9 Å². The highest BCUT2D eigenvalue weighted by Gasteiger charge is 2.32. The van der Waals surface area contributed by atoms with Gasteiger partial charge in [-0.1, -0.05) is 37.3 Å². The lowest BCUT2D eigenvalue weighted by Gasteiger charge is -2.38. The molecule has 3 rings (SSSR count). The number of hydrogen-bond donors (Lipinski definition) is 0. The molecule has 0 bridgehead atoms. The summed E-state index contributed by atoms with van der Waals surface area (Å²) in [6, 6.07) is 12.4. The van der Waals surface area contributed by atoms with Crippen molar-refractivity contribution in [3.63, 3.8) is 0 Å². The molecule has 0 radical (unpaired) electrons. The molecule has 1 fully saturated rings. The number of hydrogen-bond acceptors (Lipinski definition) is 3. The van der Waals surface area contributed by atoms with Crippen molar-refractivity contribution in [2.45, 2.75) is 32.3 Å². The Morgan fingerprint density at radius 3 is 2.72 bits per heavy atom. The fourth-order valence-corrected chi connectivity index (χ4v) is 3.63. The van der Waals surface area contributed by atoms with E-state index in [1.54, 1.807) is 11.8 Å². The number of aryl methyl sites for hydroxylation is 2. The SMILES string of the molecule is CCc1cc(C(=O)N2CC[C@H](Cc3ccccc3)[C@H](OC)C2)n(C)n1. The van der Waals surface area contributed by atoms with E-state index in [0.717, 1.165) is 31.5 Å². The largest absolute Gasteiger partial charge is 0.379 e. The van der Waals surface area contributed by atoms with Crippen LogP contribution in [0.1, 0.15) is 35.1 Å². The van der Waals surface area contributed by atoms with Crippen LogP contribution in [0.15, 0.2) is 36.4 Å². The van der Waals surface area contributed by atoms with E-state index in [1.165, 1.54) is 5.56 Å². The molecule has 1 aliphatic rings. The maximum atomic E-state index is 12.9. The van der Waals surface area contributed by atoms with Gasteiger partial charge in [0.15, 0.2) is 0 Å². The minimum absolute atomic E-state index is 0.0508. The molecule has 1 saturated heterocycles. The van der Waals surface area contributed by atoms with Gasteiger partial charge in [-0.15, -0.1) is 0 Å². The maximum Gasteiger partial charge on any atom is 0.272 e. The zero-order valence-corrected chi connectivity index (χ0v) is 15.3. The number of methoxy groups -OCH3 is 1. The van der Waals surface area contributed by atoms with Crippen LogP contribution in [0.3, 0.4) is 0 Å². The second-order valence-electron chi connectivity index (χ2n) is 6.76. The summed E-state index contributed by atoms with van der Waals surface area (Å²) < 4.78 is 7.43. The zero-order chi connectivity index (χ0) is 17.8. The fourth-order valence-electron chi connectivity index (χ4n) is 3.63. The molecule has 5 heteroatoms. The first-order valence-corrected chi connectivity index (χ1v) is 9.01. The van der Waals surface area contributed by atoms with Crippen LogP contribution in [0.2, 0.25) is 0 Å². The first-order chi connectivity index (χ1) is 12.1. The Balaban J connectivity index is 1.68. The smallest absolute Gasteiger partial charge is 0.272 e. The molecular weight excluding hydrogens is 314 g/mol. The lowest BCUT2D eigenvalue weighted by molar-refractivity contribution is -0.00731. The third kappa shape index (κ3) is 3.93. The van der Waals surface area contributed by atoms with Crippen molar-refractivity contribution in [1.29, 1.82) is 0 Å². The summed E-state index contributed by atoms with van der Waals surface area (Å²) in [5.74, 6) is 0.490. The lowest BCUT2D eigenvalue weighted by Crippen LogP contribution is -2.48. The maximum absolute atomic E-state index is 12.9. The molecule has 2 aromatic rings.